The van der Waals surface area contributed by atoms with Crippen molar-refractivity contribution in [1.82, 2.24) is 5.32 Å². The molecule has 10 heavy (non-hydrogen) atoms. The maximum Gasteiger partial charge on any atom is 0.209 e. The van der Waals surface area contributed by atoms with E-state index in [1.54, 1.807) is 0 Å². The molecule has 1 N–H and O–H groups in total. The molecule has 0 spiro atoms. The third kappa shape index (κ3) is 1.19. The highest BCUT2D eigenvalue weighted by molar-refractivity contribution is 5.97. The van der Waals surface area contributed by atoms with E-state index in [-0.39, 0.29) is 11.7 Å². The van der Waals surface area contributed by atoms with Gasteiger partial charge in [-0.25, -0.2) is 0 Å². The normalized spacial score (nSPS) is 31.6. The zero-order chi connectivity index (χ0) is 7.56. The zero-order valence-corrected chi connectivity index (χ0v) is 6.05. The van der Waals surface area contributed by atoms with Crippen molar-refractivity contribution >= 4 is 5.78 Å². The summed E-state index contributed by atoms with van der Waals surface area (Å²) in [5.74, 6) is 2.57. The van der Waals surface area contributed by atoms with Gasteiger partial charge in [0, 0.05) is 12.5 Å². The molecule has 2 nitrogen and oxygen atoms in total. The number of Topliss-reactive ketones (excluding diaryl/α,β-unsaturated/α-hetero) is 1. The smallest absolute Gasteiger partial charge is 0.209 e. The molecule has 2 unspecified atom stereocenters. The van der Waals surface area contributed by atoms with Crippen molar-refractivity contribution in [2.75, 3.05) is 13.1 Å². The molecule has 2 heteroatoms. The summed E-state index contributed by atoms with van der Waals surface area (Å²) in [6.07, 6.45) is 4.99. The predicted molar refractivity (Wildman–Crippen MR) is 39.4 cm³/mol. The Balaban J connectivity index is 2.57. The maximum absolute atomic E-state index is 10.9. The number of carbonyl (C=O) groups excluding carboxylic acids is 1. The molecule has 0 aliphatic carbocycles. The van der Waals surface area contributed by atoms with Crippen LogP contribution < -0.4 is 5.32 Å². The summed E-state index contributed by atoms with van der Waals surface area (Å²) in [6.45, 7) is 3.71. The van der Waals surface area contributed by atoms with E-state index in [0.29, 0.717) is 5.92 Å². The summed E-state index contributed by atoms with van der Waals surface area (Å²) in [5, 5.41) is 3.12. The van der Waals surface area contributed by atoms with E-state index >= 15 is 0 Å². The van der Waals surface area contributed by atoms with E-state index in [1.807, 2.05) is 6.92 Å². The van der Waals surface area contributed by atoms with Crippen molar-refractivity contribution in [3.05, 3.63) is 0 Å². The van der Waals surface area contributed by atoms with E-state index in [9.17, 15) is 4.79 Å². The molecule has 0 aromatic carbocycles. The van der Waals surface area contributed by atoms with Crippen molar-refractivity contribution in [1.29, 1.82) is 0 Å². The Morgan fingerprint density at radius 1 is 1.70 bits per heavy atom. The van der Waals surface area contributed by atoms with Crippen molar-refractivity contribution < 1.29 is 4.79 Å². The molecule has 0 radical (unpaired) electrons. The van der Waals surface area contributed by atoms with E-state index < -0.39 is 0 Å². The lowest BCUT2D eigenvalue weighted by atomic mass is 9.94. The Morgan fingerprint density at radius 2 is 2.40 bits per heavy atom. The van der Waals surface area contributed by atoms with Crippen molar-refractivity contribution in [2.24, 2.45) is 11.8 Å². The first kappa shape index (κ1) is 7.30. The van der Waals surface area contributed by atoms with Gasteiger partial charge < -0.3 is 5.32 Å². The number of carbonyl (C=O) groups is 1. The Labute approximate surface area is 61.0 Å². The molecule has 0 amide bonds. The maximum atomic E-state index is 10.9. The fraction of sp³-hybridized carbons (Fsp3) is 0.625. The van der Waals surface area contributed by atoms with Crippen LogP contribution >= 0.6 is 0 Å². The van der Waals surface area contributed by atoms with Crippen LogP contribution in [0.3, 0.4) is 0 Å². The number of rotatable bonds is 1. The standard InChI is InChI=1S/C8H11NO/c1-3-8(10)7-5-9-4-6(7)2/h1,6-7,9H,4-5H2,2H3. The molecule has 2 atom stereocenters. The molecule has 0 aromatic heterocycles. The van der Waals surface area contributed by atoms with E-state index in [2.05, 4.69) is 11.2 Å². The first-order chi connectivity index (χ1) is 4.75. The van der Waals surface area contributed by atoms with Gasteiger partial charge >= 0.3 is 0 Å². The highest BCUT2D eigenvalue weighted by Gasteiger charge is 2.27. The van der Waals surface area contributed by atoms with Crippen molar-refractivity contribution in [3.63, 3.8) is 0 Å². The summed E-state index contributed by atoms with van der Waals surface area (Å²) in [6, 6.07) is 0. The Kier molecular flexibility index (Phi) is 2.08. The van der Waals surface area contributed by atoms with Crippen LogP contribution in [-0.4, -0.2) is 18.9 Å². The highest BCUT2D eigenvalue weighted by atomic mass is 16.1. The van der Waals surface area contributed by atoms with Crippen LogP contribution in [0.2, 0.25) is 0 Å². The second-order valence-corrected chi connectivity index (χ2v) is 2.75. The van der Waals surface area contributed by atoms with Crippen LogP contribution in [0.4, 0.5) is 0 Å². The molecule has 1 fully saturated rings. The number of hydrogen-bond donors (Lipinski definition) is 1. The lowest BCUT2D eigenvalue weighted by molar-refractivity contribution is -0.117. The molecule has 54 valence electrons. The molecule has 0 saturated carbocycles. The van der Waals surface area contributed by atoms with Gasteiger partial charge in [0.2, 0.25) is 5.78 Å². The van der Waals surface area contributed by atoms with Crippen molar-refractivity contribution in [3.8, 4) is 12.3 Å². The summed E-state index contributed by atoms with van der Waals surface area (Å²) in [7, 11) is 0. The molecule has 1 aliphatic heterocycles. The van der Waals surface area contributed by atoms with Crippen molar-refractivity contribution in [2.45, 2.75) is 6.92 Å². The molecular formula is C8H11NO. The van der Waals surface area contributed by atoms with Crippen LogP contribution in [0.1, 0.15) is 6.92 Å². The monoisotopic (exact) mass is 137 g/mol. The summed E-state index contributed by atoms with van der Waals surface area (Å²) in [5.41, 5.74) is 0. The second-order valence-electron chi connectivity index (χ2n) is 2.75. The first-order valence-electron chi connectivity index (χ1n) is 3.47. The lowest BCUT2D eigenvalue weighted by Gasteiger charge is -2.06. The average Bonchev–Trinajstić information content (AvgIpc) is 2.34. The summed E-state index contributed by atoms with van der Waals surface area (Å²) < 4.78 is 0. The molecule has 1 heterocycles. The van der Waals surface area contributed by atoms with Crippen LogP contribution in [0.25, 0.3) is 0 Å². The van der Waals surface area contributed by atoms with E-state index in [0.717, 1.165) is 13.1 Å². The van der Waals surface area contributed by atoms with Gasteiger partial charge in [-0.15, -0.1) is 6.42 Å². The first-order valence-corrected chi connectivity index (χ1v) is 3.47. The Hall–Kier alpha value is -0.810. The highest BCUT2D eigenvalue weighted by Crippen LogP contribution is 2.15. The van der Waals surface area contributed by atoms with Gasteiger partial charge in [0.15, 0.2) is 0 Å². The second kappa shape index (κ2) is 2.85. The molecule has 0 bridgehead atoms. The molecule has 0 aromatic rings. The van der Waals surface area contributed by atoms with Gasteiger partial charge in [0.25, 0.3) is 0 Å². The van der Waals surface area contributed by atoms with Crippen LogP contribution in [0, 0.1) is 24.2 Å². The molecule has 1 rings (SSSR count). The van der Waals surface area contributed by atoms with Gasteiger partial charge in [-0.3, -0.25) is 4.79 Å². The quantitative estimate of drug-likeness (QED) is 0.408. The molecular weight excluding hydrogens is 126 g/mol. The fourth-order valence-corrected chi connectivity index (χ4v) is 1.27. The molecule has 1 aliphatic rings. The number of nitrogens with one attached hydrogen (secondary N) is 1. The molecule has 1 saturated heterocycles. The Bertz CT molecular complexity index is 180. The number of hydrogen-bond acceptors (Lipinski definition) is 2. The van der Waals surface area contributed by atoms with E-state index in [4.69, 9.17) is 6.42 Å². The van der Waals surface area contributed by atoms with Gasteiger partial charge in [0.1, 0.15) is 0 Å². The third-order valence-electron chi connectivity index (χ3n) is 2.00. The van der Waals surface area contributed by atoms with Crippen LogP contribution in [0.5, 0.6) is 0 Å². The Morgan fingerprint density at radius 3 is 2.80 bits per heavy atom. The minimum absolute atomic E-state index is 0.0579. The largest absolute Gasteiger partial charge is 0.316 e. The minimum Gasteiger partial charge on any atom is -0.316 e. The fourth-order valence-electron chi connectivity index (χ4n) is 1.27. The van der Waals surface area contributed by atoms with Crippen LogP contribution in [-0.2, 0) is 4.79 Å². The zero-order valence-electron chi connectivity index (χ0n) is 6.05. The number of terminal acetylenes is 1. The van der Waals surface area contributed by atoms with Gasteiger partial charge in [-0.2, -0.15) is 0 Å². The predicted octanol–water partition coefficient (Wildman–Crippen LogP) is 0.0442. The van der Waals surface area contributed by atoms with Gasteiger partial charge in [0.05, 0.1) is 0 Å². The summed E-state index contributed by atoms with van der Waals surface area (Å²) in [4.78, 5) is 10.9. The third-order valence-corrected chi connectivity index (χ3v) is 2.00. The number of ketones is 1. The minimum atomic E-state index is -0.0579. The van der Waals surface area contributed by atoms with Gasteiger partial charge in [-0.05, 0) is 18.4 Å². The van der Waals surface area contributed by atoms with Gasteiger partial charge in [-0.1, -0.05) is 6.92 Å². The lowest BCUT2D eigenvalue weighted by Crippen LogP contribution is -2.19. The SMILES string of the molecule is C#CC(=O)C1CNCC1C. The van der Waals surface area contributed by atoms with Crippen LogP contribution in [0.15, 0.2) is 0 Å². The topological polar surface area (TPSA) is 29.1 Å². The summed E-state index contributed by atoms with van der Waals surface area (Å²) >= 11 is 0. The van der Waals surface area contributed by atoms with E-state index in [1.165, 1.54) is 0 Å². The average molecular weight is 137 g/mol.